The molecule has 2 heterocycles. The second-order valence-electron chi connectivity index (χ2n) is 10.0. The number of hydrogen-bond acceptors (Lipinski definition) is 7. The van der Waals surface area contributed by atoms with Gasteiger partial charge in [0.1, 0.15) is 17.3 Å². The number of anilines is 1. The van der Waals surface area contributed by atoms with Gasteiger partial charge in [-0.2, -0.15) is 0 Å². The number of halogens is 1. The fourth-order valence-electron chi connectivity index (χ4n) is 5.07. The normalized spacial score (nSPS) is 18.1. The third-order valence-electron chi connectivity index (χ3n) is 6.74. The Morgan fingerprint density at radius 3 is 2.54 bits per heavy atom. The van der Waals surface area contributed by atoms with E-state index >= 15 is 0 Å². The molecular weight excluding hydrogens is 510 g/mol. The molecule has 2 aliphatic rings. The number of nitrogens with zero attached hydrogens (tertiary/aromatic N) is 1. The van der Waals surface area contributed by atoms with Crippen molar-refractivity contribution >= 4 is 35.0 Å². The van der Waals surface area contributed by atoms with E-state index in [1.54, 1.807) is 26.4 Å². The topological polar surface area (TPSA) is 93.3 Å². The van der Waals surface area contributed by atoms with E-state index < -0.39 is 5.92 Å². The highest BCUT2D eigenvalue weighted by atomic mass is 35.5. The van der Waals surface area contributed by atoms with Gasteiger partial charge < -0.3 is 19.8 Å². The number of rotatable bonds is 6. The lowest BCUT2D eigenvalue weighted by molar-refractivity contribution is -0.118. The Labute approximate surface area is 224 Å². The lowest BCUT2D eigenvalue weighted by atomic mass is 9.69. The molecule has 0 fully saturated rings. The summed E-state index contributed by atoms with van der Waals surface area (Å²) in [6.07, 6.45) is 1.06. The second-order valence-corrected chi connectivity index (χ2v) is 11.4. The molecule has 0 radical (unpaired) electrons. The van der Waals surface area contributed by atoms with Crippen LogP contribution in [0.3, 0.4) is 0 Å². The van der Waals surface area contributed by atoms with E-state index in [1.165, 1.54) is 11.8 Å². The van der Waals surface area contributed by atoms with E-state index in [-0.39, 0.29) is 16.8 Å². The van der Waals surface area contributed by atoms with Gasteiger partial charge in [-0.3, -0.25) is 9.59 Å². The number of benzene rings is 2. The van der Waals surface area contributed by atoms with Gasteiger partial charge >= 0.3 is 0 Å². The summed E-state index contributed by atoms with van der Waals surface area (Å²) in [6, 6.07) is 13.0. The second kappa shape index (κ2) is 9.91. The van der Waals surface area contributed by atoms with Gasteiger partial charge in [-0.15, -0.1) is 0 Å². The monoisotopic (exact) mass is 537 g/mol. The van der Waals surface area contributed by atoms with Gasteiger partial charge in [0.05, 0.1) is 25.7 Å². The number of hydrogen-bond donors (Lipinski definition) is 2. The molecule has 1 aliphatic carbocycles. The molecule has 1 unspecified atom stereocenters. The minimum Gasteiger partial charge on any atom is -0.497 e. The number of thioether (sulfide) groups is 1. The summed E-state index contributed by atoms with van der Waals surface area (Å²) in [7, 11) is 3.16. The largest absolute Gasteiger partial charge is 0.497 e. The fourth-order valence-corrected chi connectivity index (χ4v) is 6.01. The van der Waals surface area contributed by atoms with Crippen molar-refractivity contribution in [3.63, 3.8) is 0 Å². The van der Waals surface area contributed by atoms with Crippen LogP contribution in [0.1, 0.15) is 49.3 Å². The number of methoxy groups -OCH3 is 2. The van der Waals surface area contributed by atoms with Crippen molar-refractivity contribution in [1.82, 2.24) is 9.97 Å². The molecule has 0 amide bonds. The third-order valence-corrected chi connectivity index (χ3v) is 7.93. The predicted octanol–water partition coefficient (Wildman–Crippen LogP) is 5.93. The van der Waals surface area contributed by atoms with Crippen molar-refractivity contribution in [2.24, 2.45) is 5.41 Å². The highest BCUT2D eigenvalue weighted by Crippen LogP contribution is 2.49. The van der Waals surface area contributed by atoms with Crippen LogP contribution in [0.4, 0.5) is 5.82 Å². The maximum atomic E-state index is 13.6. The number of ketones is 1. The molecule has 1 atom stereocenters. The number of aromatic nitrogens is 2. The maximum Gasteiger partial charge on any atom is 0.257 e. The van der Waals surface area contributed by atoms with Crippen molar-refractivity contribution in [2.75, 3.05) is 19.5 Å². The Morgan fingerprint density at radius 1 is 1.08 bits per heavy atom. The van der Waals surface area contributed by atoms with Crippen LogP contribution in [-0.4, -0.2) is 30.0 Å². The van der Waals surface area contributed by atoms with Crippen LogP contribution in [0.15, 0.2) is 63.7 Å². The Hall–Kier alpha value is -3.23. The molecular formula is C28H28ClN3O4S. The minimum atomic E-state index is -0.633. The summed E-state index contributed by atoms with van der Waals surface area (Å²) < 4.78 is 11.1. The fraction of sp³-hybridized carbons (Fsp3) is 0.321. The molecule has 0 saturated heterocycles. The first kappa shape index (κ1) is 25.4. The van der Waals surface area contributed by atoms with Gasteiger partial charge in [-0.1, -0.05) is 49.3 Å². The molecule has 1 aromatic heterocycles. The summed E-state index contributed by atoms with van der Waals surface area (Å²) in [4.78, 5) is 34.9. The quantitative estimate of drug-likeness (QED) is 0.297. The number of carbonyl (C=O) groups is 1. The van der Waals surface area contributed by atoms with Gasteiger partial charge in [0.2, 0.25) is 0 Å². The van der Waals surface area contributed by atoms with Crippen LogP contribution in [0.2, 0.25) is 5.02 Å². The van der Waals surface area contributed by atoms with Crippen molar-refractivity contribution in [2.45, 2.75) is 43.5 Å². The van der Waals surface area contributed by atoms with Crippen LogP contribution in [0, 0.1) is 5.41 Å². The van der Waals surface area contributed by atoms with Gasteiger partial charge in [0.25, 0.3) is 5.56 Å². The molecule has 37 heavy (non-hydrogen) atoms. The number of carbonyl (C=O) groups excluding carboxylic acids is 1. The van der Waals surface area contributed by atoms with Gasteiger partial charge in [0, 0.05) is 34.0 Å². The Morgan fingerprint density at radius 2 is 1.84 bits per heavy atom. The summed E-state index contributed by atoms with van der Waals surface area (Å²) >= 11 is 7.43. The Kier molecular flexibility index (Phi) is 6.81. The molecule has 0 spiro atoms. The summed E-state index contributed by atoms with van der Waals surface area (Å²) in [5.41, 5.74) is 3.04. The van der Waals surface area contributed by atoms with E-state index in [4.69, 9.17) is 26.1 Å². The van der Waals surface area contributed by atoms with Crippen molar-refractivity contribution < 1.29 is 14.3 Å². The molecule has 3 aromatic rings. The molecule has 7 nitrogen and oxygen atoms in total. The van der Waals surface area contributed by atoms with E-state index in [1.807, 2.05) is 30.3 Å². The van der Waals surface area contributed by atoms with Crippen molar-refractivity contribution in [3.05, 3.63) is 85.8 Å². The van der Waals surface area contributed by atoms with Crippen LogP contribution in [0.25, 0.3) is 0 Å². The summed E-state index contributed by atoms with van der Waals surface area (Å²) in [5, 5.41) is 4.53. The lowest BCUT2D eigenvalue weighted by Crippen LogP contribution is -2.37. The van der Waals surface area contributed by atoms with Gasteiger partial charge in [0.15, 0.2) is 10.9 Å². The standard InChI is InChI=1S/C28H28ClN3O4S/c1-28(2)12-19-23(20(33)13-28)22(18-11-17(35-3)9-10-21(18)36-4)24-25(30-19)31-27(32-26(24)34)37-14-15-5-7-16(29)8-6-15/h5-11,22H,12-14H2,1-4H3,(H2,30,31,32,34). The molecule has 9 heteroatoms. The first-order valence-electron chi connectivity index (χ1n) is 12.0. The van der Waals surface area contributed by atoms with Crippen molar-refractivity contribution in [3.8, 4) is 11.5 Å². The molecule has 0 bridgehead atoms. The van der Waals surface area contributed by atoms with Crippen LogP contribution < -0.4 is 20.3 Å². The average Bonchev–Trinajstić information content (AvgIpc) is 2.86. The van der Waals surface area contributed by atoms with E-state index in [9.17, 15) is 9.59 Å². The Bertz CT molecular complexity index is 1460. The number of fused-ring (bicyclic) bond motifs is 1. The number of aromatic amines is 1. The first-order valence-corrected chi connectivity index (χ1v) is 13.3. The molecule has 5 rings (SSSR count). The lowest BCUT2D eigenvalue weighted by Gasteiger charge is -2.38. The van der Waals surface area contributed by atoms with Crippen LogP contribution >= 0.6 is 23.4 Å². The predicted molar refractivity (Wildman–Crippen MR) is 146 cm³/mol. The highest BCUT2D eigenvalue weighted by molar-refractivity contribution is 7.98. The number of H-pyrrole nitrogens is 1. The molecule has 0 saturated carbocycles. The number of Topliss-reactive ketones (excluding diaryl/α,β-unsaturated/α-hetero) is 1. The molecule has 1 aliphatic heterocycles. The number of ether oxygens (including phenoxy) is 2. The summed E-state index contributed by atoms with van der Waals surface area (Å²) in [6.45, 7) is 4.15. The van der Waals surface area contributed by atoms with Gasteiger partial charge in [-0.25, -0.2) is 4.98 Å². The van der Waals surface area contributed by atoms with E-state index in [2.05, 4.69) is 24.1 Å². The van der Waals surface area contributed by atoms with E-state index in [0.717, 1.165) is 11.3 Å². The van der Waals surface area contributed by atoms with E-state index in [0.29, 0.717) is 62.8 Å². The highest BCUT2D eigenvalue weighted by Gasteiger charge is 2.43. The molecule has 192 valence electrons. The first-order chi connectivity index (χ1) is 17.7. The zero-order valence-corrected chi connectivity index (χ0v) is 22.7. The van der Waals surface area contributed by atoms with Crippen LogP contribution in [0.5, 0.6) is 11.5 Å². The van der Waals surface area contributed by atoms with Gasteiger partial charge in [-0.05, 0) is 47.7 Å². The zero-order valence-electron chi connectivity index (χ0n) is 21.1. The molecule has 2 N–H and O–H groups in total. The smallest absolute Gasteiger partial charge is 0.257 e. The Balaban J connectivity index is 1.63. The zero-order chi connectivity index (χ0) is 26.3. The average molecular weight is 538 g/mol. The maximum absolute atomic E-state index is 13.6. The minimum absolute atomic E-state index is 0.0138. The number of allylic oxidation sites excluding steroid dienone is 2. The SMILES string of the molecule is COc1ccc(OC)c(C2C3=C(CC(C)(C)CC3=O)Nc3nc(SCc4ccc(Cl)cc4)[nH]c(=O)c32)c1. The number of nitrogens with one attached hydrogen (secondary N) is 2. The summed E-state index contributed by atoms with van der Waals surface area (Å²) in [5.74, 6) is 1.64. The third kappa shape index (κ3) is 5.00. The molecule has 2 aromatic carbocycles. The van der Waals surface area contributed by atoms with Crippen LogP contribution in [-0.2, 0) is 10.5 Å². The van der Waals surface area contributed by atoms with Crippen molar-refractivity contribution in [1.29, 1.82) is 0 Å².